The molecule has 1 rings (SSSR count). The first-order chi connectivity index (χ1) is 7.18. The van der Waals surface area contributed by atoms with E-state index in [-0.39, 0.29) is 6.67 Å². The Balaban J connectivity index is 2.46. The van der Waals surface area contributed by atoms with E-state index in [0.29, 0.717) is 6.42 Å². The van der Waals surface area contributed by atoms with Gasteiger partial charge in [-0.3, -0.25) is 4.39 Å². The predicted octanol–water partition coefficient (Wildman–Crippen LogP) is 4.20. The Labute approximate surface area is 95.1 Å². The monoisotopic (exact) mass is 236 g/mol. The van der Waals surface area contributed by atoms with Crippen molar-refractivity contribution in [3.63, 3.8) is 0 Å². The molecular formula is C11H18ClFO2. The summed E-state index contributed by atoms with van der Waals surface area (Å²) in [5.41, 5.74) is -1.12. The second-order valence-corrected chi connectivity index (χ2v) is 4.54. The van der Waals surface area contributed by atoms with E-state index in [4.69, 9.17) is 16.3 Å². The molecular weight excluding hydrogens is 219 g/mol. The van der Waals surface area contributed by atoms with Crippen LogP contribution in [0.15, 0.2) is 0 Å². The molecule has 1 fully saturated rings. The molecule has 2 nitrogen and oxygen atoms in total. The summed E-state index contributed by atoms with van der Waals surface area (Å²) in [6.07, 6.45) is 7.12. The molecule has 1 aliphatic rings. The lowest BCUT2D eigenvalue weighted by Crippen LogP contribution is -2.36. The summed E-state index contributed by atoms with van der Waals surface area (Å²) in [6, 6.07) is 0. The fraction of sp³-hybridized carbons (Fsp3) is 0.909. The molecule has 0 unspecified atom stereocenters. The minimum atomic E-state index is -0.725. The second kappa shape index (κ2) is 6.31. The molecule has 0 spiro atoms. The van der Waals surface area contributed by atoms with Crippen LogP contribution in [0.1, 0.15) is 51.4 Å². The third kappa shape index (κ3) is 4.37. The first-order valence-corrected chi connectivity index (χ1v) is 6.01. The highest BCUT2D eigenvalue weighted by Crippen LogP contribution is 2.36. The molecule has 0 N–H and O–H groups in total. The van der Waals surface area contributed by atoms with Crippen molar-refractivity contribution in [3.8, 4) is 0 Å². The molecule has 15 heavy (non-hydrogen) atoms. The third-order valence-electron chi connectivity index (χ3n) is 3.08. The van der Waals surface area contributed by atoms with Crippen LogP contribution in [-0.2, 0) is 4.74 Å². The lowest BCUT2D eigenvalue weighted by atomic mass is 9.81. The molecule has 0 heterocycles. The molecule has 0 aromatic rings. The van der Waals surface area contributed by atoms with Gasteiger partial charge >= 0.3 is 5.43 Å². The number of unbranched alkanes of at least 4 members (excludes halogenated alkanes) is 1. The minimum Gasteiger partial charge on any atom is -0.447 e. The zero-order chi connectivity index (χ0) is 11.1. The molecule has 1 saturated carbocycles. The van der Waals surface area contributed by atoms with Gasteiger partial charge in [0.15, 0.2) is 0 Å². The van der Waals surface area contributed by atoms with Crippen LogP contribution in [0.5, 0.6) is 0 Å². The molecule has 88 valence electrons. The minimum absolute atomic E-state index is 0.301. The Morgan fingerprint density at radius 1 is 1.27 bits per heavy atom. The van der Waals surface area contributed by atoms with Crippen molar-refractivity contribution in [2.45, 2.75) is 57.0 Å². The van der Waals surface area contributed by atoms with E-state index < -0.39 is 11.0 Å². The van der Waals surface area contributed by atoms with E-state index in [9.17, 15) is 9.18 Å². The first-order valence-electron chi connectivity index (χ1n) is 5.63. The first kappa shape index (κ1) is 12.8. The molecule has 0 aromatic carbocycles. The number of hydrogen-bond donors (Lipinski definition) is 0. The fourth-order valence-electron chi connectivity index (χ4n) is 2.31. The van der Waals surface area contributed by atoms with Crippen LogP contribution in [0.4, 0.5) is 9.18 Å². The molecule has 0 aromatic heterocycles. The van der Waals surface area contributed by atoms with E-state index in [0.717, 1.165) is 38.5 Å². The summed E-state index contributed by atoms with van der Waals surface area (Å²) >= 11 is 5.28. The smallest absolute Gasteiger partial charge is 0.404 e. The van der Waals surface area contributed by atoms with Gasteiger partial charge in [-0.2, -0.15) is 0 Å². The average Bonchev–Trinajstić information content (AvgIpc) is 2.18. The number of ether oxygens (including phenoxy) is 1. The number of carbonyl (C=O) groups excluding carboxylic acids is 1. The van der Waals surface area contributed by atoms with Crippen LogP contribution in [0.2, 0.25) is 0 Å². The van der Waals surface area contributed by atoms with Crippen molar-refractivity contribution >= 4 is 17.0 Å². The van der Waals surface area contributed by atoms with Crippen molar-refractivity contribution in [3.05, 3.63) is 0 Å². The van der Waals surface area contributed by atoms with Crippen molar-refractivity contribution in [2.75, 3.05) is 6.67 Å². The van der Waals surface area contributed by atoms with Gasteiger partial charge in [-0.1, -0.05) is 6.42 Å². The molecule has 0 atom stereocenters. The van der Waals surface area contributed by atoms with Crippen LogP contribution >= 0.6 is 11.6 Å². The maximum absolute atomic E-state index is 12.0. The maximum atomic E-state index is 12.0. The van der Waals surface area contributed by atoms with Gasteiger partial charge in [0, 0.05) is 11.6 Å². The molecule has 0 radical (unpaired) electrons. The molecule has 4 heteroatoms. The summed E-state index contributed by atoms with van der Waals surface area (Å²) < 4.78 is 17.2. The highest BCUT2D eigenvalue weighted by atomic mass is 35.5. The molecule has 0 aliphatic heterocycles. The average molecular weight is 237 g/mol. The van der Waals surface area contributed by atoms with Crippen molar-refractivity contribution in [2.24, 2.45) is 0 Å². The van der Waals surface area contributed by atoms with Gasteiger partial charge in [-0.15, -0.1) is 0 Å². The van der Waals surface area contributed by atoms with E-state index in [1.807, 2.05) is 0 Å². The number of rotatable bonds is 5. The Hall–Kier alpha value is -0.310. The SMILES string of the molecule is O=C(Cl)OC1(CCCCF)CCCCC1. The van der Waals surface area contributed by atoms with Gasteiger partial charge in [0.2, 0.25) is 0 Å². The molecule has 1 aliphatic carbocycles. The topological polar surface area (TPSA) is 26.3 Å². The highest BCUT2D eigenvalue weighted by molar-refractivity contribution is 6.61. The summed E-state index contributed by atoms with van der Waals surface area (Å²) in [6.45, 7) is -0.301. The Bertz CT molecular complexity index is 203. The zero-order valence-electron chi connectivity index (χ0n) is 8.94. The van der Waals surface area contributed by atoms with Crippen LogP contribution in [0.3, 0.4) is 0 Å². The Morgan fingerprint density at radius 3 is 2.47 bits per heavy atom. The summed E-state index contributed by atoms with van der Waals surface area (Å²) in [5.74, 6) is 0. The quantitative estimate of drug-likeness (QED) is 0.528. The zero-order valence-corrected chi connectivity index (χ0v) is 9.69. The van der Waals surface area contributed by atoms with Crippen LogP contribution in [0.25, 0.3) is 0 Å². The number of hydrogen-bond acceptors (Lipinski definition) is 2. The third-order valence-corrected chi connectivity index (χ3v) is 3.15. The lowest BCUT2D eigenvalue weighted by Gasteiger charge is -2.36. The van der Waals surface area contributed by atoms with Gasteiger partial charge in [-0.05, 0) is 44.9 Å². The summed E-state index contributed by atoms with van der Waals surface area (Å²) in [4.78, 5) is 10.8. The van der Waals surface area contributed by atoms with Gasteiger partial charge in [0.1, 0.15) is 5.60 Å². The number of alkyl halides is 1. The van der Waals surface area contributed by atoms with Crippen LogP contribution in [-0.4, -0.2) is 17.7 Å². The van der Waals surface area contributed by atoms with Gasteiger partial charge < -0.3 is 4.74 Å². The standard InChI is InChI=1S/C11H18ClFO2/c12-10(14)15-11(8-4-5-9-13)6-2-1-3-7-11/h1-9H2. The second-order valence-electron chi connectivity index (χ2n) is 4.23. The summed E-state index contributed by atoms with van der Waals surface area (Å²) in [7, 11) is 0. The van der Waals surface area contributed by atoms with Crippen LogP contribution < -0.4 is 0 Å². The van der Waals surface area contributed by atoms with Crippen molar-refractivity contribution in [1.29, 1.82) is 0 Å². The largest absolute Gasteiger partial charge is 0.447 e. The van der Waals surface area contributed by atoms with Crippen molar-refractivity contribution < 1.29 is 13.9 Å². The fourth-order valence-corrected chi connectivity index (χ4v) is 2.47. The van der Waals surface area contributed by atoms with E-state index >= 15 is 0 Å². The number of halogens is 2. The lowest BCUT2D eigenvalue weighted by molar-refractivity contribution is -0.0123. The Kier molecular flexibility index (Phi) is 5.37. The van der Waals surface area contributed by atoms with Gasteiger partial charge in [-0.25, -0.2) is 4.79 Å². The molecule has 0 bridgehead atoms. The normalized spacial score (nSPS) is 19.9. The van der Waals surface area contributed by atoms with Crippen molar-refractivity contribution in [1.82, 2.24) is 0 Å². The highest BCUT2D eigenvalue weighted by Gasteiger charge is 2.34. The van der Waals surface area contributed by atoms with E-state index in [1.165, 1.54) is 6.42 Å². The van der Waals surface area contributed by atoms with Crippen LogP contribution in [0, 0.1) is 0 Å². The predicted molar refractivity (Wildman–Crippen MR) is 58.0 cm³/mol. The summed E-state index contributed by atoms with van der Waals surface area (Å²) in [5, 5.41) is 0. The molecule has 0 amide bonds. The molecule has 0 saturated heterocycles. The van der Waals surface area contributed by atoms with Gasteiger partial charge in [0.05, 0.1) is 6.67 Å². The Morgan fingerprint density at radius 2 is 1.93 bits per heavy atom. The van der Waals surface area contributed by atoms with E-state index in [2.05, 4.69) is 0 Å². The van der Waals surface area contributed by atoms with Gasteiger partial charge in [0.25, 0.3) is 0 Å². The maximum Gasteiger partial charge on any atom is 0.404 e. The number of carbonyl (C=O) groups is 1. The van der Waals surface area contributed by atoms with E-state index in [1.54, 1.807) is 0 Å².